The fourth-order valence-corrected chi connectivity index (χ4v) is 4.18. The van der Waals surface area contributed by atoms with Crippen LogP contribution in [0.2, 0.25) is 10.0 Å². The van der Waals surface area contributed by atoms with Crippen molar-refractivity contribution in [1.29, 1.82) is 0 Å². The average molecular weight is 518 g/mol. The lowest BCUT2D eigenvalue weighted by molar-refractivity contribution is 0.0832. The average Bonchev–Trinajstić information content (AvgIpc) is 3.02. The summed E-state index contributed by atoms with van der Waals surface area (Å²) in [5.74, 6) is -0.0598. The lowest BCUT2D eigenvalue weighted by Gasteiger charge is -2.14. The predicted octanol–water partition coefficient (Wildman–Crippen LogP) is 8.04. The number of carbonyl (C=O) groups is 1. The van der Waals surface area contributed by atoms with Gasteiger partial charge in [-0.1, -0.05) is 78.1 Å². The Labute approximate surface area is 198 Å². The number of aromatic nitrogens is 1. The second-order valence-electron chi connectivity index (χ2n) is 8.29. The smallest absolute Gasteiger partial charge is 0.229 e. The molecule has 0 aliphatic rings. The highest BCUT2D eigenvalue weighted by atomic mass is 79.9. The first-order valence-corrected chi connectivity index (χ1v) is 11.1. The molecule has 0 saturated heterocycles. The Morgan fingerprint density at radius 2 is 1.71 bits per heavy atom. The molecule has 2 aromatic carbocycles. The van der Waals surface area contributed by atoms with Gasteiger partial charge in [-0.25, -0.2) is 4.98 Å². The van der Waals surface area contributed by atoms with Crippen LogP contribution in [-0.4, -0.2) is 10.8 Å². The van der Waals surface area contributed by atoms with Crippen molar-refractivity contribution in [2.75, 3.05) is 5.73 Å². The van der Waals surface area contributed by atoms with Crippen LogP contribution in [0.4, 0.5) is 5.69 Å². The molecule has 0 atom stereocenters. The van der Waals surface area contributed by atoms with Gasteiger partial charge in [-0.15, -0.1) is 0 Å². The van der Waals surface area contributed by atoms with E-state index in [4.69, 9.17) is 38.3 Å². The SMILES string of the molecule is CC(C)(C)C(=O)c1oc2nc(-c3ccc(Br)cc3Cl)c(-c3ccc(Cl)cc3)cc2c1N. The maximum atomic E-state index is 12.9. The minimum absolute atomic E-state index is 0.121. The van der Waals surface area contributed by atoms with Crippen molar-refractivity contribution in [3.63, 3.8) is 0 Å². The van der Waals surface area contributed by atoms with Crippen molar-refractivity contribution in [1.82, 2.24) is 4.98 Å². The highest BCUT2D eigenvalue weighted by Crippen LogP contribution is 2.41. The van der Waals surface area contributed by atoms with Crippen molar-refractivity contribution >= 4 is 61.7 Å². The summed E-state index contributed by atoms with van der Waals surface area (Å²) in [5.41, 5.74) is 9.31. The fourth-order valence-electron chi connectivity index (χ4n) is 3.29. The third kappa shape index (κ3) is 4.10. The maximum Gasteiger partial charge on any atom is 0.229 e. The molecule has 0 bridgehead atoms. The molecule has 0 aliphatic heterocycles. The lowest BCUT2D eigenvalue weighted by Crippen LogP contribution is -2.20. The molecule has 0 unspecified atom stereocenters. The topological polar surface area (TPSA) is 69.1 Å². The van der Waals surface area contributed by atoms with Crippen LogP contribution >= 0.6 is 39.1 Å². The molecule has 4 nitrogen and oxygen atoms in total. The highest BCUT2D eigenvalue weighted by Gasteiger charge is 2.30. The zero-order chi connectivity index (χ0) is 22.5. The van der Waals surface area contributed by atoms with Crippen molar-refractivity contribution in [3.05, 3.63) is 68.8 Å². The minimum atomic E-state index is -0.640. The number of furan rings is 1. The number of pyridine rings is 1. The number of hydrogen-bond donors (Lipinski definition) is 1. The summed E-state index contributed by atoms with van der Waals surface area (Å²) in [4.78, 5) is 17.6. The number of rotatable bonds is 3. The lowest BCUT2D eigenvalue weighted by atomic mass is 9.89. The first-order chi connectivity index (χ1) is 14.6. The van der Waals surface area contributed by atoms with Crippen LogP contribution in [0.3, 0.4) is 0 Å². The predicted molar refractivity (Wildman–Crippen MR) is 131 cm³/mol. The number of nitrogen functional groups attached to an aromatic ring is 1. The van der Waals surface area contributed by atoms with Gasteiger partial charge in [-0.2, -0.15) is 0 Å². The van der Waals surface area contributed by atoms with E-state index in [0.717, 1.165) is 21.2 Å². The van der Waals surface area contributed by atoms with Gasteiger partial charge in [0.2, 0.25) is 11.5 Å². The van der Waals surface area contributed by atoms with Crippen LogP contribution in [0.5, 0.6) is 0 Å². The zero-order valence-corrected chi connectivity index (χ0v) is 20.2. The molecule has 0 radical (unpaired) electrons. The third-order valence-corrected chi connectivity index (χ3v) is 6.01. The molecule has 0 fully saturated rings. The van der Waals surface area contributed by atoms with E-state index in [9.17, 15) is 4.79 Å². The van der Waals surface area contributed by atoms with E-state index in [1.54, 1.807) is 18.2 Å². The Hall–Kier alpha value is -2.34. The first kappa shape index (κ1) is 21.9. The Bertz CT molecular complexity index is 1320. The van der Waals surface area contributed by atoms with E-state index < -0.39 is 5.41 Å². The first-order valence-electron chi connectivity index (χ1n) is 9.55. The van der Waals surface area contributed by atoms with Gasteiger partial charge in [0.15, 0.2) is 5.76 Å². The van der Waals surface area contributed by atoms with E-state index in [2.05, 4.69) is 15.9 Å². The van der Waals surface area contributed by atoms with Crippen LogP contribution in [-0.2, 0) is 0 Å². The molecular formula is C24H19BrCl2N2O2. The standard InChI is InChI=1S/C24H19BrCl2N2O2/c1-24(2,3)22(30)21-19(28)17-11-16(12-4-7-14(26)8-5-12)20(29-23(17)31-21)15-9-6-13(25)10-18(15)27/h4-11H,28H2,1-3H3. The largest absolute Gasteiger partial charge is 0.432 e. The Morgan fingerprint density at radius 1 is 1.03 bits per heavy atom. The molecule has 4 rings (SSSR count). The number of fused-ring (bicyclic) bond motifs is 1. The van der Waals surface area contributed by atoms with Gasteiger partial charge in [0.05, 0.1) is 21.8 Å². The van der Waals surface area contributed by atoms with Gasteiger partial charge >= 0.3 is 0 Å². The van der Waals surface area contributed by atoms with E-state index in [1.807, 2.05) is 51.1 Å². The minimum Gasteiger partial charge on any atom is -0.432 e. The molecule has 158 valence electrons. The molecule has 31 heavy (non-hydrogen) atoms. The molecule has 7 heteroatoms. The highest BCUT2D eigenvalue weighted by molar-refractivity contribution is 9.10. The van der Waals surface area contributed by atoms with Gasteiger partial charge in [-0.3, -0.25) is 4.79 Å². The summed E-state index contributed by atoms with van der Waals surface area (Å²) >= 11 is 16.1. The number of anilines is 1. The number of Topliss-reactive ketones (excluding diaryl/α,β-unsaturated/α-hetero) is 1. The number of ketones is 1. The summed E-state index contributed by atoms with van der Waals surface area (Å²) in [6, 6.07) is 14.9. The number of hydrogen-bond acceptors (Lipinski definition) is 4. The summed E-state index contributed by atoms with van der Waals surface area (Å²) < 4.78 is 6.72. The Morgan fingerprint density at radius 3 is 2.32 bits per heavy atom. The number of carbonyl (C=O) groups excluding carboxylic acids is 1. The molecule has 0 spiro atoms. The normalized spacial score (nSPS) is 11.8. The number of nitrogens with two attached hydrogens (primary N) is 1. The maximum absolute atomic E-state index is 12.9. The fraction of sp³-hybridized carbons (Fsp3) is 0.167. The second kappa shape index (κ2) is 7.97. The van der Waals surface area contributed by atoms with Gasteiger partial charge in [0, 0.05) is 26.0 Å². The third-order valence-electron chi connectivity index (χ3n) is 4.95. The quantitative estimate of drug-likeness (QED) is 0.279. The summed E-state index contributed by atoms with van der Waals surface area (Å²) in [6.07, 6.45) is 0. The summed E-state index contributed by atoms with van der Waals surface area (Å²) in [6.45, 7) is 5.46. The van der Waals surface area contributed by atoms with Crippen LogP contribution in [0.15, 0.2) is 57.4 Å². The molecule has 2 N–H and O–H groups in total. The van der Waals surface area contributed by atoms with E-state index in [0.29, 0.717) is 21.1 Å². The summed E-state index contributed by atoms with van der Waals surface area (Å²) in [5, 5.41) is 1.73. The molecular weight excluding hydrogens is 499 g/mol. The molecule has 4 aromatic rings. The van der Waals surface area contributed by atoms with Crippen LogP contribution in [0.25, 0.3) is 33.5 Å². The van der Waals surface area contributed by atoms with Crippen molar-refractivity contribution in [3.8, 4) is 22.4 Å². The van der Waals surface area contributed by atoms with Crippen molar-refractivity contribution < 1.29 is 9.21 Å². The Kier molecular flexibility index (Phi) is 5.63. The van der Waals surface area contributed by atoms with Gasteiger partial charge in [0.1, 0.15) is 0 Å². The van der Waals surface area contributed by atoms with Crippen molar-refractivity contribution in [2.45, 2.75) is 20.8 Å². The van der Waals surface area contributed by atoms with E-state index >= 15 is 0 Å². The summed E-state index contributed by atoms with van der Waals surface area (Å²) in [7, 11) is 0. The molecule has 0 aliphatic carbocycles. The molecule has 0 amide bonds. The van der Waals surface area contributed by atoms with E-state index in [-0.39, 0.29) is 22.9 Å². The van der Waals surface area contributed by atoms with E-state index in [1.165, 1.54) is 0 Å². The van der Waals surface area contributed by atoms with Gasteiger partial charge in [0.25, 0.3) is 0 Å². The second-order valence-corrected chi connectivity index (χ2v) is 10.1. The van der Waals surface area contributed by atoms with Gasteiger partial charge < -0.3 is 10.2 Å². The van der Waals surface area contributed by atoms with Crippen LogP contribution in [0.1, 0.15) is 31.3 Å². The van der Waals surface area contributed by atoms with Crippen LogP contribution in [0, 0.1) is 5.41 Å². The van der Waals surface area contributed by atoms with Crippen LogP contribution < -0.4 is 5.73 Å². The number of halogens is 3. The van der Waals surface area contributed by atoms with Crippen molar-refractivity contribution in [2.24, 2.45) is 5.41 Å². The molecule has 2 aromatic heterocycles. The zero-order valence-electron chi connectivity index (χ0n) is 17.1. The number of nitrogens with zero attached hydrogens (tertiary/aromatic N) is 1. The number of benzene rings is 2. The molecule has 0 saturated carbocycles. The Balaban J connectivity index is 2.03. The van der Waals surface area contributed by atoms with Gasteiger partial charge in [-0.05, 0) is 35.9 Å². The monoisotopic (exact) mass is 516 g/mol. The molecule has 2 heterocycles.